The lowest BCUT2D eigenvalue weighted by molar-refractivity contribution is 0.0976. The summed E-state index contributed by atoms with van der Waals surface area (Å²) >= 11 is 0. The van der Waals surface area contributed by atoms with Gasteiger partial charge in [-0.05, 0) is 31.3 Å². The van der Waals surface area contributed by atoms with Gasteiger partial charge in [-0.25, -0.2) is 0 Å². The van der Waals surface area contributed by atoms with E-state index < -0.39 is 5.78 Å². The largest absolute Gasteiger partial charge is 0.508 e. The second-order valence-corrected chi connectivity index (χ2v) is 6.57. The first-order chi connectivity index (χ1) is 12.0. The van der Waals surface area contributed by atoms with E-state index in [0.717, 1.165) is 37.9 Å². The van der Waals surface area contributed by atoms with Crippen molar-refractivity contribution in [2.75, 3.05) is 38.1 Å². The van der Waals surface area contributed by atoms with Crippen LogP contribution in [0, 0.1) is 0 Å². The van der Waals surface area contributed by atoms with E-state index in [1.54, 1.807) is 12.1 Å². The molecule has 6 heteroatoms. The number of nitrogens with zero attached hydrogens (tertiary/aromatic N) is 2. The Hall–Kier alpha value is -2.86. The Morgan fingerprint density at radius 2 is 1.56 bits per heavy atom. The van der Waals surface area contributed by atoms with E-state index in [1.807, 2.05) is 6.07 Å². The average molecular weight is 338 g/mol. The number of benzene rings is 2. The van der Waals surface area contributed by atoms with Crippen LogP contribution >= 0.6 is 0 Å². The predicted octanol–water partition coefficient (Wildman–Crippen LogP) is 1.62. The maximum absolute atomic E-state index is 12.8. The molecule has 2 aromatic carbocycles. The molecule has 0 amide bonds. The molecule has 0 saturated carbocycles. The van der Waals surface area contributed by atoms with Crippen LogP contribution in [0.3, 0.4) is 0 Å². The number of piperazine rings is 1. The third-order valence-electron chi connectivity index (χ3n) is 4.93. The van der Waals surface area contributed by atoms with E-state index in [2.05, 4.69) is 16.8 Å². The van der Waals surface area contributed by atoms with Gasteiger partial charge in [0.2, 0.25) is 0 Å². The van der Waals surface area contributed by atoms with Crippen LogP contribution in [0.1, 0.15) is 31.8 Å². The first kappa shape index (κ1) is 15.7. The molecule has 1 aliphatic heterocycles. The van der Waals surface area contributed by atoms with Gasteiger partial charge in [-0.15, -0.1) is 0 Å². The SMILES string of the molecule is CN1CCN(c2ccc3c(c2)C(=O)c2cc(O)cc(O)c2C3=O)CC1. The molecule has 6 nitrogen and oxygen atoms in total. The number of rotatable bonds is 1. The molecule has 1 fully saturated rings. The molecule has 0 unspecified atom stereocenters. The number of fused-ring (bicyclic) bond motifs is 2. The van der Waals surface area contributed by atoms with Crippen molar-refractivity contribution in [1.82, 2.24) is 4.90 Å². The topological polar surface area (TPSA) is 81.1 Å². The molecule has 0 bridgehead atoms. The minimum absolute atomic E-state index is 0.0392. The minimum atomic E-state index is -0.396. The molecule has 0 radical (unpaired) electrons. The molecular weight excluding hydrogens is 320 g/mol. The van der Waals surface area contributed by atoms with Crippen LogP contribution < -0.4 is 4.90 Å². The van der Waals surface area contributed by atoms with Crippen molar-refractivity contribution < 1.29 is 19.8 Å². The summed E-state index contributed by atoms with van der Waals surface area (Å²) in [6.45, 7) is 3.59. The number of likely N-dealkylation sites (N-methyl/N-ethyl adjacent to an activating group) is 1. The summed E-state index contributed by atoms with van der Waals surface area (Å²) in [6.07, 6.45) is 0. The van der Waals surface area contributed by atoms with Gasteiger partial charge in [-0.1, -0.05) is 0 Å². The van der Waals surface area contributed by atoms with Crippen LogP contribution in [0.5, 0.6) is 11.5 Å². The fraction of sp³-hybridized carbons (Fsp3) is 0.263. The highest BCUT2D eigenvalue weighted by atomic mass is 16.3. The zero-order valence-electron chi connectivity index (χ0n) is 13.8. The van der Waals surface area contributed by atoms with Gasteiger partial charge in [-0.2, -0.15) is 0 Å². The Balaban J connectivity index is 1.78. The van der Waals surface area contributed by atoms with Gasteiger partial charge < -0.3 is 20.0 Å². The number of ketones is 2. The maximum atomic E-state index is 12.8. The summed E-state index contributed by atoms with van der Waals surface area (Å²) in [6, 6.07) is 7.55. The van der Waals surface area contributed by atoms with Crippen molar-refractivity contribution >= 4 is 17.3 Å². The van der Waals surface area contributed by atoms with Gasteiger partial charge in [0.15, 0.2) is 11.6 Å². The maximum Gasteiger partial charge on any atom is 0.198 e. The number of hydrogen-bond donors (Lipinski definition) is 2. The van der Waals surface area contributed by atoms with Gasteiger partial charge in [0.05, 0.1) is 5.56 Å². The molecule has 128 valence electrons. The highest BCUT2D eigenvalue weighted by molar-refractivity contribution is 6.29. The molecule has 0 aromatic heterocycles. The van der Waals surface area contributed by atoms with E-state index in [4.69, 9.17) is 0 Å². The molecule has 1 heterocycles. The van der Waals surface area contributed by atoms with E-state index in [1.165, 1.54) is 6.07 Å². The number of phenols is 2. The third-order valence-corrected chi connectivity index (χ3v) is 4.93. The first-order valence-corrected chi connectivity index (χ1v) is 8.18. The Morgan fingerprint density at radius 1 is 0.840 bits per heavy atom. The third kappa shape index (κ3) is 2.46. The Morgan fingerprint density at radius 3 is 2.28 bits per heavy atom. The molecule has 4 rings (SSSR count). The van der Waals surface area contributed by atoms with Crippen LogP contribution in [-0.2, 0) is 0 Å². The summed E-state index contributed by atoms with van der Waals surface area (Å²) in [5.74, 6) is -1.36. The number of carbonyl (C=O) groups is 2. The minimum Gasteiger partial charge on any atom is -0.508 e. The van der Waals surface area contributed by atoms with E-state index >= 15 is 0 Å². The molecule has 25 heavy (non-hydrogen) atoms. The lowest BCUT2D eigenvalue weighted by Gasteiger charge is -2.34. The normalized spacial score (nSPS) is 17.4. The second kappa shape index (κ2) is 5.60. The monoisotopic (exact) mass is 338 g/mol. The smallest absolute Gasteiger partial charge is 0.198 e. The van der Waals surface area contributed by atoms with Gasteiger partial charge in [0, 0.05) is 54.6 Å². The van der Waals surface area contributed by atoms with E-state index in [0.29, 0.717) is 5.56 Å². The van der Waals surface area contributed by atoms with Crippen LogP contribution in [0.25, 0.3) is 0 Å². The van der Waals surface area contributed by atoms with Crippen molar-refractivity contribution in [1.29, 1.82) is 0 Å². The second-order valence-electron chi connectivity index (χ2n) is 6.57. The number of anilines is 1. The van der Waals surface area contributed by atoms with E-state index in [9.17, 15) is 19.8 Å². The number of phenolic OH excluding ortho intramolecular Hbond substituents is 2. The van der Waals surface area contributed by atoms with Crippen molar-refractivity contribution in [2.45, 2.75) is 0 Å². The fourth-order valence-corrected chi connectivity index (χ4v) is 3.49. The quantitative estimate of drug-likeness (QED) is 0.702. The zero-order chi connectivity index (χ0) is 17.7. The summed E-state index contributed by atoms with van der Waals surface area (Å²) in [5.41, 5.74) is 1.52. The molecule has 0 atom stereocenters. The van der Waals surface area contributed by atoms with Crippen LogP contribution in [-0.4, -0.2) is 59.9 Å². The molecule has 2 N–H and O–H groups in total. The van der Waals surface area contributed by atoms with Gasteiger partial charge >= 0.3 is 0 Å². The van der Waals surface area contributed by atoms with Gasteiger partial charge in [0.1, 0.15) is 11.5 Å². The lowest BCUT2D eigenvalue weighted by atomic mass is 9.83. The highest BCUT2D eigenvalue weighted by Gasteiger charge is 2.33. The standard InChI is InChI=1S/C19H18N2O4/c1-20-4-6-21(7-5-20)11-2-3-13-14(8-11)18(24)15-9-12(22)10-16(23)17(15)19(13)25/h2-3,8-10,22-23H,4-7H2,1H3. The summed E-state index contributed by atoms with van der Waals surface area (Å²) in [7, 11) is 2.07. The number of hydrogen-bond acceptors (Lipinski definition) is 6. The highest BCUT2D eigenvalue weighted by Crippen LogP contribution is 2.36. The first-order valence-electron chi connectivity index (χ1n) is 8.18. The van der Waals surface area contributed by atoms with Crippen LogP contribution in [0.15, 0.2) is 30.3 Å². The predicted molar refractivity (Wildman–Crippen MR) is 92.8 cm³/mol. The number of carbonyl (C=O) groups excluding carboxylic acids is 2. The van der Waals surface area contributed by atoms with Crippen LogP contribution in [0.2, 0.25) is 0 Å². The van der Waals surface area contributed by atoms with Gasteiger partial charge in [-0.3, -0.25) is 9.59 Å². The molecule has 2 aliphatic rings. The van der Waals surface area contributed by atoms with E-state index in [-0.39, 0.29) is 34.0 Å². The molecule has 0 spiro atoms. The molecule has 1 aliphatic carbocycles. The van der Waals surface area contributed by atoms with Gasteiger partial charge in [0.25, 0.3) is 0 Å². The van der Waals surface area contributed by atoms with Crippen molar-refractivity contribution in [3.8, 4) is 11.5 Å². The molecular formula is C19H18N2O4. The number of aromatic hydroxyl groups is 2. The summed E-state index contributed by atoms with van der Waals surface area (Å²) in [4.78, 5) is 30.0. The van der Waals surface area contributed by atoms with Crippen molar-refractivity contribution in [3.63, 3.8) is 0 Å². The average Bonchev–Trinajstić information content (AvgIpc) is 2.59. The summed E-state index contributed by atoms with van der Waals surface area (Å²) < 4.78 is 0. The fourth-order valence-electron chi connectivity index (χ4n) is 3.49. The molecule has 1 saturated heterocycles. The molecule has 2 aromatic rings. The van der Waals surface area contributed by atoms with Crippen LogP contribution in [0.4, 0.5) is 5.69 Å². The zero-order valence-corrected chi connectivity index (χ0v) is 13.8. The Kier molecular flexibility index (Phi) is 3.51. The summed E-state index contributed by atoms with van der Waals surface area (Å²) in [5, 5.41) is 19.7. The van der Waals surface area contributed by atoms with Crippen molar-refractivity contribution in [3.05, 3.63) is 52.6 Å². The lowest BCUT2D eigenvalue weighted by Crippen LogP contribution is -2.44. The van der Waals surface area contributed by atoms with Crippen molar-refractivity contribution in [2.24, 2.45) is 0 Å². The Bertz CT molecular complexity index is 899. The Labute approximate surface area is 144 Å².